The fourth-order valence-corrected chi connectivity index (χ4v) is 2.76. The second-order valence-electron chi connectivity index (χ2n) is 6.02. The van der Waals surface area contributed by atoms with Gasteiger partial charge in [0, 0.05) is 16.1 Å². The first-order valence-electron chi connectivity index (χ1n) is 8.45. The Bertz CT molecular complexity index is 1060. The lowest BCUT2D eigenvalue weighted by atomic mass is 10.0. The van der Waals surface area contributed by atoms with Crippen molar-refractivity contribution in [1.29, 1.82) is 0 Å². The van der Waals surface area contributed by atoms with Crippen LogP contribution < -0.4 is 11.1 Å². The Morgan fingerprint density at radius 2 is 1.90 bits per heavy atom. The molecule has 0 spiro atoms. The summed E-state index contributed by atoms with van der Waals surface area (Å²) in [7, 11) is 0. The number of rotatable bonds is 6. The molecule has 3 rings (SSSR count). The number of carbonyl (C=O) groups excluding carboxylic acids is 3. The molecule has 8 nitrogen and oxygen atoms in total. The summed E-state index contributed by atoms with van der Waals surface area (Å²) < 4.78 is 9.64. The third-order valence-corrected chi connectivity index (χ3v) is 4.20. The number of ether oxygens (including phenoxy) is 1. The van der Waals surface area contributed by atoms with E-state index in [1.165, 1.54) is 25.1 Å². The van der Waals surface area contributed by atoms with Gasteiger partial charge in [-0.25, -0.2) is 4.79 Å². The van der Waals surface area contributed by atoms with Crippen molar-refractivity contribution in [3.63, 3.8) is 0 Å². The Balaban J connectivity index is 1.72. The topological polar surface area (TPSA) is 125 Å². The van der Waals surface area contributed by atoms with Crippen LogP contribution in [0.4, 0.5) is 11.6 Å². The summed E-state index contributed by atoms with van der Waals surface area (Å²) in [5.74, 6) is -1.99. The number of anilines is 2. The minimum Gasteiger partial charge on any atom is -0.452 e. The van der Waals surface area contributed by atoms with Crippen LogP contribution in [-0.4, -0.2) is 29.4 Å². The van der Waals surface area contributed by atoms with Gasteiger partial charge in [-0.3, -0.25) is 9.59 Å². The molecule has 3 N–H and O–H groups in total. The minimum absolute atomic E-state index is 0.0377. The number of aryl methyl sites for hydroxylation is 1. The van der Waals surface area contributed by atoms with E-state index in [1.54, 1.807) is 30.3 Å². The molecule has 0 unspecified atom stereocenters. The molecular weight excluding hydrogens is 398 g/mol. The van der Waals surface area contributed by atoms with E-state index in [0.29, 0.717) is 10.6 Å². The van der Waals surface area contributed by atoms with Crippen LogP contribution in [0.3, 0.4) is 0 Å². The predicted molar refractivity (Wildman–Crippen MR) is 106 cm³/mol. The Kier molecular flexibility index (Phi) is 5.94. The number of nitrogen functional groups attached to an aromatic ring is 1. The van der Waals surface area contributed by atoms with Gasteiger partial charge in [-0.1, -0.05) is 47.1 Å². The summed E-state index contributed by atoms with van der Waals surface area (Å²) in [4.78, 5) is 37.1. The maximum Gasteiger partial charge on any atom is 0.346 e. The molecule has 3 aromatic rings. The largest absolute Gasteiger partial charge is 0.452 e. The molecule has 0 saturated carbocycles. The molecule has 0 aliphatic carbocycles. The van der Waals surface area contributed by atoms with Crippen molar-refractivity contribution >= 4 is 40.8 Å². The molecule has 1 heterocycles. The van der Waals surface area contributed by atoms with Crippen LogP contribution in [-0.2, 0) is 9.53 Å². The normalized spacial score (nSPS) is 10.4. The third-order valence-electron chi connectivity index (χ3n) is 3.96. The molecule has 1 aromatic heterocycles. The molecule has 0 aliphatic heterocycles. The van der Waals surface area contributed by atoms with Crippen molar-refractivity contribution in [2.45, 2.75) is 6.92 Å². The highest BCUT2D eigenvalue weighted by Gasteiger charge is 2.21. The van der Waals surface area contributed by atoms with Crippen LogP contribution in [0.5, 0.6) is 0 Å². The first-order chi connectivity index (χ1) is 13.9. The highest BCUT2D eigenvalue weighted by atomic mass is 35.5. The zero-order chi connectivity index (χ0) is 21.0. The fraction of sp³-hybridized carbons (Fsp3) is 0.100. The molecule has 148 valence electrons. The number of amides is 1. The van der Waals surface area contributed by atoms with E-state index in [2.05, 4.69) is 10.5 Å². The van der Waals surface area contributed by atoms with Gasteiger partial charge in [0.05, 0.1) is 11.4 Å². The first kappa shape index (κ1) is 20.1. The van der Waals surface area contributed by atoms with E-state index in [0.717, 1.165) is 0 Å². The zero-order valence-corrected chi connectivity index (χ0v) is 16.0. The Morgan fingerprint density at radius 3 is 2.55 bits per heavy atom. The van der Waals surface area contributed by atoms with Crippen LogP contribution in [0.15, 0.2) is 53.1 Å². The van der Waals surface area contributed by atoms with E-state index in [9.17, 15) is 14.4 Å². The smallest absolute Gasteiger partial charge is 0.346 e. The molecule has 9 heteroatoms. The second kappa shape index (κ2) is 8.57. The number of ketones is 1. The summed E-state index contributed by atoms with van der Waals surface area (Å²) >= 11 is 6.01. The standard InChI is InChI=1S/C20H16ClN3O5/c1-11-17(19(22)29-24-11)20(27)28-10-16(25)23-15-8-7-13(21)9-14(15)18(26)12-5-3-2-4-6-12/h2-9H,10,22H2,1H3,(H,23,25). The van der Waals surface area contributed by atoms with Crippen LogP contribution in [0.2, 0.25) is 5.02 Å². The number of carbonyl (C=O) groups is 3. The van der Waals surface area contributed by atoms with Gasteiger partial charge in [0.25, 0.3) is 5.91 Å². The lowest BCUT2D eigenvalue weighted by Gasteiger charge is -2.11. The average Bonchev–Trinajstić information content (AvgIpc) is 3.06. The van der Waals surface area contributed by atoms with Crippen LogP contribution in [0.1, 0.15) is 32.0 Å². The first-order valence-corrected chi connectivity index (χ1v) is 8.82. The van der Waals surface area contributed by atoms with Gasteiger partial charge in [0.1, 0.15) is 5.56 Å². The van der Waals surface area contributed by atoms with E-state index in [4.69, 9.17) is 26.6 Å². The van der Waals surface area contributed by atoms with E-state index in [-0.39, 0.29) is 34.2 Å². The molecule has 29 heavy (non-hydrogen) atoms. The lowest BCUT2D eigenvalue weighted by Crippen LogP contribution is -2.22. The average molecular weight is 414 g/mol. The molecule has 1 amide bonds. The number of benzene rings is 2. The maximum absolute atomic E-state index is 12.8. The molecule has 0 atom stereocenters. The van der Waals surface area contributed by atoms with Gasteiger partial charge >= 0.3 is 5.97 Å². The summed E-state index contributed by atoms with van der Waals surface area (Å²) in [6, 6.07) is 13.1. The Morgan fingerprint density at radius 1 is 1.17 bits per heavy atom. The van der Waals surface area contributed by atoms with Crippen molar-refractivity contribution < 1.29 is 23.6 Å². The summed E-state index contributed by atoms with van der Waals surface area (Å²) in [6.07, 6.45) is 0. The lowest BCUT2D eigenvalue weighted by molar-refractivity contribution is -0.119. The van der Waals surface area contributed by atoms with Gasteiger partial charge in [-0.05, 0) is 25.1 Å². The van der Waals surface area contributed by atoms with Crippen LogP contribution in [0.25, 0.3) is 0 Å². The number of nitrogens with zero attached hydrogens (tertiary/aromatic N) is 1. The number of hydrogen-bond acceptors (Lipinski definition) is 7. The van der Waals surface area contributed by atoms with Gasteiger partial charge < -0.3 is 20.3 Å². The SMILES string of the molecule is Cc1noc(N)c1C(=O)OCC(=O)Nc1ccc(Cl)cc1C(=O)c1ccccc1. The van der Waals surface area contributed by atoms with Crippen molar-refractivity contribution in [2.24, 2.45) is 0 Å². The number of nitrogens with one attached hydrogen (secondary N) is 1. The number of aromatic nitrogens is 1. The molecule has 2 aromatic carbocycles. The van der Waals surface area contributed by atoms with Gasteiger partial charge in [-0.2, -0.15) is 0 Å². The summed E-state index contributed by atoms with van der Waals surface area (Å²) in [6.45, 7) is 0.927. The summed E-state index contributed by atoms with van der Waals surface area (Å²) in [5, 5.41) is 6.44. The van der Waals surface area contributed by atoms with Gasteiger partial charge in [0.15, 0.2) is 12.4 Å². The predicted octanol–water partition coefficient (Wildman–Crippen LogP) is 3.25. The van der Waals surface area contributed by atoms with Gasteiger partial charge in [0.2, 0.25) is 5.88 Å². The molecular formula is C20H16ClN3O5. The van der Waals surface area contributed by atoms with Crippen LogP contribution in [0, 0.1) is 6.92 Å². The maximum atomic E-state index is 12.8. The fourth-order valence-electron chi connectivity index (χ4n) is 2.58. The zero-order valence-electron chi connectivity index (χ0n) is 15.3. The van der Waals surface area contributed by atoms with E-state index < -0.39 is 18.5 Å². The minimum atomic E-state index is -0.840. The molecule has 0 saturated heterocycles. The molecule has 0 bridgehead atoms. The molecule has 0 fully saturated rings. The van der Waals surface area contributed by atoms with Crippen molar-refractivity contribution in [3.8, 4) is 0 Å². The Labute approximate surface area is 170 Å². The van der Waals surface area contributed by atoms with Crippen molar-refractivity contribution in [2.75, 3.05) is 17.7 Å². The number of hydrogen-bond donors (Lipinski definition) is 2. The van der Waals surface area contributed by atoms with Crippen molar-refractivity contribution in [1.82, 2.24) is 5.16 Å². The molecule has 0 aliphatic rings. The highest BCUT2D eigenvalue weighted by molar-refractivity contribution is 6.31. The quantitative estimate of drug-likeness (QED) is 0.469. The van der Waals surface area contributed by atoms with Crippen LogP contribution >= 0.6 is 11.6 Å². The number of esters is 1. The van der Waals surface area contributed by atoms with E-state index in [1.807, 2.05) is 0 Å². The van der Waals surface area contributed by atoms with Gasteiger partial charge in [-0.15, -0.1) is 0 Å². The number of halogens is 1. The summed E-state index contributed by atoms with van der Waals surface area (Å²) in [5.41, 5.74) is 6.62. The van der Waals surface area contributed by atoms with E-state index >= 15 is 0 Å². The number of nitrogens with two attached hydrogens (primary N) is 1. The van der Waals surface area contributed by atoms with Crippen molar-refractivity contribution in [3.05, 3.63) is 75.9 Å². The second-order valence-corrected chi connectivity index (χ2v) is 6.45. The third kappa shape index (κ3) is 4.61. The molecule has 0 radical (unpaired) electrons. The highest BCUT2D eigenvalue weighted by Crippen LogP contribution is 2.24. The Hall–Kier alpha value is -3.65. The monoisotopic (exact) mass is 413 g/mol.